The van der Waals surface area contributed by atoms with Gasteiger partial charge in [0.15, 0.2) is 0 Å². The van der Waals surface area contributed by atoms with E-state index in [1.54, 1.807) is 6.20 Å². The minimum absolute atomic E-state index is 0.0125. The van der Waals surface area contributed by atoms with E-state index in [1.165, 1.54) is 29.2 Å². The van der Waals surface area contributed by atoms with Gasteiger partial charge in [-0.2, -0.15) is 4.98 Å². The number of carbonyl (C=O) groups excluding carboxylic acids is 2. The summed E-state index contributed by atoms with van der Waals surface area (Å²) in [5.74, 6) is 10.5. The van der Waals surface area contributed by atoms with Gasteiger partial charge in [-0.3, -0.25) is 28.5 Å². The van der Waals surface area contributed by atoms with Crippen molar-refractivity contribution in [1.29, 1.82) is 0 Å². The predicted molar refractivity (Wildman–Crippen MR) is 136 cm³/mol. The molecular weight excluding hydrogens is 466 g/mol. The SMILES string of the molecule is CC(=O)NCC#Cc1cn(C(C)C)c(=O)[nH]c1=O.CC(=O)NCC#Cc1cn(C(C)C)c(=O)nc1N. The Morgan fingerprint density at radius 3 is 1.86 bits per heavy atom. The molecule has 192 valence electrons. The first-order valence-corrected chi connectivity index (χ1v) is 11.0. The molecule has 2 heterocycles. The molecule has 0 atom stereocenters. The third kappa shape index (κ3) is 9.73. The molecule has 0 fully saturated rings. The van der Waals surface area contributed by atoms with Crippen molar-refractivity contribution in [1.82, 2.24) is 29.7 Å². The number of aromatic nitrogens is 4. The predicted octanol–water partition coefficient (Wildman–Crippen LogP) is -0.501. The normalized spacial score (nSPS) is 9.78. The van der Waals surface area contributed by atoms with Gasteiger partial charge in [-0.15, -0.1) is 0 Å². The fraction of sp³-hybridized carbons (Fsp3) is 0.417. The van der Waals surface area contributed by atoms with Crippen molar-refractivity contribution in [2.24, 2.45) is 0 Å². The number of nitrogens with one attached hydrogen (secondary N) is 3. The number of amides is 2. The third-order valence-corrected chi connectivity index (χ3v) is 4.36. The van der Waals surface area contributed by atoms with Gasteiger partial charge < -0.3 is 16.4 Å². The third-order valence-electron chi connectivity index (χ3n) is 4.36. The molecule has 0 aliphatic heterocycles. The zero-order valence-electron chi connectivity index (χ0n) is 21.2. The van der Waals surface area contributed by atoms with E-state index in [2.05, 4.69) is 44.3 Å². The molecule has 0 aliphatic carbocycles. The van der Waals surface area contributed by atoms with Crippen LogP contribution in [0.1, 0.15) is 64.8 Å². The van der Waals surface area contributed by atoms with Crippen molar-refractivity contribution in [2.45, 2.75) is 53.6 Å². The summed E-state index contributed by atoms with van der Waals surface area (Å²) in [6.07, 6.45) is 3.00. The number of hydrogen-bond acceptors (Lipinski definition) is 7. The zero-order valence-corrected chi connectivity index (χ0v) is 21.2. The fourth-order valence-corrected chi connectivity index (χ4v) is 2.52. The summed E-state index contributed by atoms with van der Waals surface area (Å²) in [6.45, 7) is 10.6. The molecule has 0 bridgehead atoms. The van der Waals surface area contributed by atoms with E-state index in [1.807, 2.05) is 27.7 Å². The smallest absolute Gasteiger partial charge is 0.349 e. The van der Waals surface area contributed by atoms with Crippen LogP contribution in [-0.4, -0.2) is 44.0 Å². The number of carbonyl (C=O) groups is 2. The summed E-state index contributed by atoms with van der Waals surface area (Å²) in [5.41, 5.74) is 4.93. The monoisotopic (exact) mass is 497 g/mol. The number of aromatic amines is 1. The molecule has 0 saturated heterocycles. The van der Waals surface area contributed by atoms with E-state index in [4.69, 9.17) is 5.73 Å². The van der Waals surface area contributed by atoms with Gasteiger partial charge in [0.05, 0.1) is 18.7 Å². The number of hydrogen-bond donors (Lipinski definition) is 4. The summed E-state index contributed by atoms with van der Waals surface area (Å²) in [4.78, 5) is 61.6. The molecule has 2 amide bonds. The van der Waals surface area contributed by atoms with Gasteiger partial charge in [-0.25, -0.2) is 9.59 Å². The average molecular weight is 498 g/mol. The Bertz CT molecular complexity index is 1390. The molecule has 0 unspecified atom stereocenters. The van der Waals surface area contributed by atoms with Crippen molar-refractivity contribution in [2.75, 3.05) is 18.8 Å². The molecule has 2 aromatic rings. The molecule has 2 rings (SSSR count). The van der Waals surface area contributed by atoms with E-state index in [-0.39, 0.29) is 48.4 Å². The van der Waals surface area contributed by atoms with E-state index in [0.717, 1.165) is 0 Å². The summed E-state index contributed by atoms with van der Waals surface area (Å²) < 4.78 is 2.85. The maximum absolute atomic E-state index is 11.5. The fourth-order valence-electron chi connectivity index (χ4n) is 2.52. The highest BCUT2D eigenvalue weighted by molar-refractivity contribution is 5.73. The van der Waals surface area contributed by atoms with E-state index >= 15 is 0 Å². The topological polar surface area (TPSA) is 174 Å². The van der Waals surface area contributed by atoms with Crippen LogP contribution in [0.5, 0.6) is 0 Å². The molecule has 2 aromatic heterocycles. The Balaban J connectivity index is 0.000000360. The standard InChI is InChI=1S/C12H16N4O2.C12H15N3O3/c1-8(2)16-7-10(11(13)15-12(16)18)5-4-6-14-9(3)17;1-8(2)15-7-10(11(17)14-12(15)18)5-4-6-13-9(3)16/h7-8H,6H2,1-3H3,(H,14,17)(H2,13,15,18);7-8H,6H2,1-3H3,(H,13,16)(H,14,17,18). The maximum atomic E-state index is 11.5. The molecule has 0 spiro atoms. The molecule has 0 aliphatic rings. The largest absolute Gasteiger partial charge is 0.382 e. The lowest BCUT2D eigenvalue weighted by atomic mass is 10.3. The minimum atomic E-state index is -0.521. The molecular formula is C24H31N7O5. The van der Waals surface area contributed by atoms with Gasteiger partial charge in [-0.1, -0.05) is 23.7 Å². The van der Waals surface area contributed by atoms with Gasteiger partial charge in [0.25, 0.3) is 5.56 Å². The number of nitrogen functional groups attached to an aromatic ring is 1. The highest BCUT2D eigenvalue weighted by Crippen LogP contribution is 2.06. The first-order valence-electron chi connectivity index (χ1n) is 11.0. The van der Waals surface area contributed by atoms with Gasteiger partial charge in [0.1, 0.15) is 11.4 Å². The van der Waals surface area contributed by atoms with Crippen LogP contribution >= 0.6 is 0 Å². The second-order valence-corrected chi connectivity index (χ2v) is 8.05. The van der Waals surface area contributed by atoms with Crippen LogP contribution in [0.4, 0.5) is 5.82 Å². The van der Waals surface area contributed by atoms with Gasteiger partial charge >= 0.3 is 11.4 Å². The molecule has 12 heteroatoms. The first kappa shape index (κ1) is 29.5. The Morgan fingerprint density at radius 1 is 0.917 bits per heavy atom. The molecule has 0 saturated carbocycles. The lowest BCUT2D eigenvalue weighted by Gasteiger charge is -2.09. The van der Waals surface area contributed by atoms with Crippen LogP contribution in [-0.2, 0) is 9.59 Å². The lowest BCUT2D eigenvalue weighted by molar-refractivity contribution is -0.119. The zero-order chi connectivity index (χ0) is 27.4. The van der Waals surface area contributed by atoms with E-state index < -0.39 is 16.9 Å². The number of nitrogens with two attached hydrogens (primary N) is 1. The van der Waals surface area contributed by atoms with Gasteiger partial charge in [-0.05, 0) is 27.7 Å². The average Bonchev–Trinajstić information content (AvgIpc) is 2.76. The van der Waals surface area contributed by atoms with Crippen molar-refractivity contribution >= 4 is 17.6 Å². The summed E-state index contributed by atoms with van der Waals surface area (Å²) >= 11 is 0. The maximum Gasteiger partial charge on any atom is 0.349 e. The highest BCUT2D eigenvalue weighted by Gasteiger charge is 2.06. The summed E-state index contributed by atoms with van der Waals surface area (Å²) in [7, 11) is 0. The number of nitrogens with zero attached hydrogens (tertiary/aromatic N) is 3. The van der Waals surface area contributed by atoms with Crippen molar-refractivity contribution in [3.05, 3.63) is 54.8 Å². The molecule has 0 aromatic carbocycles. The van der Waals surface area contributed by atoms with Crippen molar-refractivity contribution < 1.29 is 9.59 Å². The Hall–Kier alpha value is -4.58. The van der Waals surface area contributed by atoms with Crippen LogP contribution in [0.3, 0.4) is 0 Å². The lowest BCUT2D eigenvalue weighted by Crippen LogP contribution is -2.32. The quantitative estimate of drug-likeness (QED) is 0.412. The second-order valence-electron chi connectivity index (χ2n) is 8.05. The minimum Gasteiger partial charge on any atom is -0.382 e. The van der Waals surface area contributed by atoms with Crippen LogP contribution < -0.4 is 33.3 Å². The number of H-pyrrole nitrogens is 1. The first-order chi connectivity index (χ1) is 16.8. The second kappa shape index (κ2) is 14.0. The molecule has 0 radical (unpaired) electrons. The molecule has 12 nitrogen and oxygen atoms in total. The number of anilines is 1. The highest BCUT2D eigenvalue weighted by atomic mass is 16.2. The van der Waals surface area contributed by atoms with Crippen LogP contribution in [0.2, 0.25) is 0 Å². The summed E-state index contributed by atoms with van der Waals surface area (Å²) in [6, 6.07) is -0.0771. The number of rotatable bonds is 4. The molecule has 5 N–H and O–H groups in total. The Kier molecular flexibility index (Phi) is 11.4. The van der Waals surface area contributed by atoms with Crippen molar-refractivity contribution in [3.8, 4) is 23.7 Å². The van der Waals surface area contributed by atoms with Crippen LogP contribution in [0, 0.1) is 23.7 Å². The van der Waals surface area contributed by atoms with Crippen LogP contribution in [0.25, 0.3) is 0 Å². The van der Waals surface area contributed by atoms with Gasteiger partial charge in [0.2, 0.25) is 11.8 Å². The Morgan fingerprint density at radius 2 is 1.39 bits per heavy atom. The molecule has 36 heavy (non-hydrogen) atoms. The summed E-state index contributed by atoms with van der Waals surface area (Å²) in [5, 5.41) is 5.03. The van der Waals surface area contributed by atoms with Crippen LogP contribution in [0.15, 0.2) is 26.8 Å². The van der Waals surface area contributed by atoms with Gasteiger partial charge in [0, 0.05) is 38.3 Å². The van der Waals surface area contributed by atoms with E-state index in [9.17, 15) is 24.0 Å². The van der Waals surface area contributed by atoms with Crippen molar-refractivity contribution in [3.63, 3.8) is 0 Å². The Labute approximate surface area is 208 Å². The van der Waals surface area contributed by atoms with E-state index in [0.29, 0.717) is 5.56 Å².